The first-order valence-electron chi connectivity index (χ1n) is 13.7. The van der Waals surface area contributed by atoms with Gasteiger partial charge in [0.15, 0.2) is 0 Å². The number of carbonyl (C=O) groups excluding carboxylic acids is 4. The molecule has 0 aromatic heterocycles. The summed E-state index contributed by atoms with van der Waals surface area (Å²) in [6.45, 7) is 9.88. The molecule has 3 amide bonds. The van der Waals surface area contributed by atoms with Crippen molar-refractivity contribution >= 4 is 23.7 Å². The molecule has 2 fully saturated rings. The lowest BCUT2D eigenvalue weighted by atomic mass is 9.77. The van der Waals surface area contributed by atoms with E-state index in [1.54, 1.807) is 20.8 Å². The minimum absolute atomic E-state index is 0.00516. The lowest BCUT2D eigenvalue weighted by Gasteiger charge is -2.39. The van der Waals surface area contributed by atoms with Crippen LogP contribution in [0, 0.1) is 5.41 Å². The number of ether oxygens (including phenoxy) is 2. The number of carbonyl (C=O) groups is 4. The molecule has 2 heterocycles. The van der Waals surface area contributed by atoms with Crippen LogP contribution in [-0.2, 0) is 23.9 Å². The third-order valence-electron chi connectivity index (χ3n) is 7.21. The molecule has 0 bridgehead atoms. The number of rotatable bonds is 10. The number of benzene rings is 1. The Hall–Kier alpha value is -3.10. The Kier molecular flexibility index (Phi) is 10.2. The van der Waals surface area contributed by atoms with Crippen LogP contribution in [0.5, 0.6) is 5.75 Å². The normalized spacial score (nSPS) is 17.7. The number of likely N-dealkylation sites (tertiary alicyclic amines) is 2. The average Bonchev–Trinajstić information content (AvgIpc) is 3.27. The molecule has 38 heavy (non-hydrogen) atoms. The lowest BCUT2D eigenvalue weighted by Crippen LogP contribution is -2.49. The van der Waals surface area contributed by atoms with Crippen LogP contribution in [0.15, 0.2) is 30.3 Å². The molecule has 2 aliphatic rings. The number of hydrogen-bond acceptors (Lipinski definition) is 6. The molecule has 3 rings (SSSR count). The molecule has 0 unspecified atom stereocenters. The van der Waals surface area contributed by atoms with Gasteiger partial charge in [-0.1, -0.05) is 18.2 Å². The topological polar surface area (TPSA) is 105 Å². The second-order valence-electron chi connectivity index (χ2n) is 11.5. The summed E-state index contributed by atoms with van der Waals surface area (Å²) in [4.78, 5) is 53.7. The van der Waals surface area contributed by atoms with Crippen molar-refractivity contribution in [3.8, 4) is 5.75 Å². The van der Waals surface area contributed by atoms with Crippen molar-refractivity contribution in [1.29, 1.82) is 0 Å². The highest BCUT2D eigenvalue weighted by molar-refractivity contribution is 5.87. The van der Waals surface area contributed by atoms with Gasteiger partial charge in [0, 0.05) is 45.9 Å². The summed E-state index contributed by atoms with van der Waals surface area (Å²) >= 11 is 0. The van der Waals surface area contributed by atoms with Gasteiger partial charge >= 0.3 is 5.97 Å². The van der Waals surface area contributed by atoms with Gasteiger partial charge in [0.2, 0.25) is 17.7 Å². The van der Waals surface area contributed by atoms with Gasteiger partial charge in [-0.05, 0) is 70.4 Å². The van der Waals surface area contributed by atoms with Crippen molar-refractivity contribution in [3.63, 3.8) is 0 Å². The zero-order valence-electron chi connectivity index (χ0n) is 23.3. The maximum atomic E-state index is 13.3. The Morgan fingerprint density at radius 3 is 2.21 bits per heavy atom. The van der Waals surface area contributed by atoms with Crippen molar-refractivity contribution in [3.05, 3.63) is 30.3 Å². The molecule has 0 saturated carbocycles. The predicted octanol–water partition coefficient (Wildman–Crippen LogP) is 3.31. The second kappa shape index (κ2) is 13.1. The van der Waals surface area contributed by atoms with Gasteiger partial charge in [-0.15, -0.1) is 0 Å². The van der Waals surface area contributed by atoms with E-state index < -0.39 is 11.6 Å². The van der Waals surface area contributed by atoms with E-state index in [4.69, 9.17) is 9.47 Å². The third-order valence-corrected chi connectivity index (χ3v) is 7.21. The molecule has 1 aromatic rings. The molecule has 9 heteroatoms. The molecule has 2 aliphatic heterocycles. The molecule has 1 atom stereocenters. The summed E-state index contributed by atoms with van der Waals surface area (Å²) in [5.41, 5.74) is -0.604. The summed E-state index contributed by atoms with van der Waals surface area (Å²) in [6.07, 6.45) is 3.97. The Morgan fingerprint density at radius 1 is 0.974 bits per heavy atom. The van der Waals surface area contributed by atoms with Crippen LogP contribution in [-0.4, -0.2) is 77.9 Å². The largest absolute Gasteiger partial charge is 0.494 e. The molecule has 9 nitrogen and oxygen atoms in total. The Bertz CT molecular complexity index is 966. The van der Waals surface area contributed by atoms with E-state index in [-0.39, 0.29) is 41.9 Å². The Morgan fingerprint density at radius 2 is 1.61 bits per heavy atom. The van der Waals surface area contributed by atoms with Crippen molar-refractivity contribution in [2.75, 3.05) is 32.8 Å². The number of para-hydroxylation sites is 1. The van der Waals surface area contributed by atoms with E-state index in [1.807, 2.05) is 40.1 Å². The van der Waals surface area contributed by atoms with Crippen molar-refractivity contribution in [2.24, 2.45) is 5.41 Å². The SMILES string of the molecule is CC(=O)N[C@@H](CCC(=O)OC(C)(C)C)C(=O)N1CCC2(CCN(C(=O)CCCOc3ccccc3)CC2)C1. The van der Waals surface area contributed by atoms with Crippen LogP contribution in [0.4, 0.5) is 0 Å². The van der Waals surface area contributed by atoms with Crippen LogP contribution >= 0.6 is 0 Å². The monoisotopic (exact) mass is 529 g/mol. The van der Waals surface area contributed by atoms with Crippen LogP contribution < -0.4 is 10.1 Å². The molecular weight excluding hydrogens is 486 g/mol. The fourth-order valence-electron chi connectivity index (χ4n) is 5.23. The summed E-state index contributed by atoms with van der Waals surface area (Å²) < 4.78 is 11.0. The Labute approximate surface area is 226 Å². The molecule has 1 N–H and O–H groups in total. The highest BCUT2D eigenvalue weighted by Gasteiger charge is 2.43. The second-order valence-corrected chi connectivity index (χ2v) is 11.5. The van der Waals surface area contributed by atoms with E-state index in [2.05, 4.69) is 5.32 Å². The molecule has 210 valence electrons. The van der Waals surface area contributed by atoms with Gasteiger partial charge in [-0.25, -0.2) is 0 Å². The standard InChI is InChI=1S/C29H43N3O6/c1-22(33)30-24(12-13-26(35)38-28(2,3)4)27(36)32-19-16-29(21-32)14-17-31(18-15-29)25(34)11-8-20-37-23-9-6-5-7-10-23/h5-7,9-10,24H,8,11-21H2,1-4H3,(H,30,33)/t24-/m0/s1. The van der Waals surface area contributed by atoms with E-state index in [0.717, 1.165) is 25.0 Å². The first-order valence-corrected chi connectivity index (χ1v) is 13.7. The zero-order chi connectivity index (χ0) is 27.8. The maximum Gasteiger partial charge on any atom is 0.306 e. The van der Waals surface area contributed by atoms with Crippen LogP contribution in [0.25, 0.3) is 0 Å². The molecule has 1 aromatic carbocycles. The first-order chi connectivity index (χ1) is 18.0. The molecule has 1 spiro atoms. The van der Waals surface area contributed by atoms with Gasteiger partial charge in [-0.2, -0.15) is 0 Å². The minimum Gasteiger partial charge on any atom is -0.494 e. The van der Waals surface area contributed by atoms with Gasteiger partial charge in [0.05, 0.1) is 6.61 Å². The number of nitrogens with zero attached hydrogens (tertiary/aromatic N) is 2. The number of hydrogen-bond donors (Lipinski definition) is 1. The smallest absolute Gasteiger partial charge is 0.306 e. The lowest BCUT2D eigenvalue weighted by molar-refractivity contribution is -0.155. The quantitative estimate of drug-likeness (QED) is 0.368. The summed E-state index contributed by atoms with van der Waals surface area (Å²) in [7, 11) is 0. The van der Waals surface area contributed by atoms with Crippen molar-refractivity contribution < 1.29 is 28.7 Å². The average molecular weight is 530 g/mol. The number of esters is 1. The fraction of sp³-hybridized carbons (Fsp3) is 0.655. The zero-order valence-corrected chi connectivity index (χ0v) is 23.3. The predicted molar refractivity (Wildman–Crippen MR) is 143 cm³/mol. The van der Waals surface area contributed by atoms with Gasteiger partial charge in [0.1, 0.15) is 17.4 Å². The summed E-state index contributed by atoms with van der Waals surface area (Å²) in [5.74, 6) is 0.114. The van der Waals surface area contributed by atoms with E-state index in [0.29, 0.717) is 45.6 Å². The van der Waals surface area contributed by atoms with E-state index >= 15 is 0 Å². The molecule has 2 saturated heterocycles. The number of amides is 3. The van der Waals surface area contributed by atoms with Crippen LogP contribution in [0.3, 0.4) is 0 Å². The Balaban J connectivity index is 1.44. The van der Waals surface area contributed by atoms with Gasteiger partial charge in [0.25, 0.3) is 0 Å². The highest BCUT2D eigenvalue weighted by atomic mass is 16.6. The van der Waals surface area contributed by atoms with Gasteiger partial charge in [-0.3, -0.25) is 19.2 Å². The number of nitrogens with one attached hydrogen (secondary N) is 1. The number of piperidine rings is 1. The summed E-state index contributed by atoms with van der Waals surface area (Å²) in [6, 6.07) is 8.84. The highest BCUT2D eigenvalue weighted by Crippen LogP contribution is 2.40. The molecular formula is C29H43N3O6. The third kappa shape index (κ3) is 9.03. The van der Waals surface area contributed by atoms with Crippen LogP contribution in [0.2, 0.25) is 0 Å². The van der Waals surface area contributed by atoms with Crippen LogP contribution in [0.1, 0.15) is 72.6 Å². The van der Waals surface area contributed by atoms with Crippen molar-refractivity contribution in [2.45, 2.75) is 84.3 Å². The fourth-order valence-corrected chi connectivity index (χ4v) is 5.23. The molecule has 0 radical (unpaired) electrons. The van der Waals surface area contributed by atoms with Gasteiger partial charge < -0.3 is 24.6 Å². The van der Waals surface area contributed by atoms with Crippen molar-refractivity contribution in [1.82, 2.24) is 15.1 Å². The molecule has 0 aliphatic carbocycles. The minimum atomic E-state index is -0.755. The maximum absolute atomic E-state index is 13.3. The van der Waals surface area contributed by atoms with E-state index in [9.17, 15) is 19.2 Å². The first kappa shape index (κ1) is 29.5. The van der Waals surface area contributed by atoms with E-state index in [1.165, 1.54) is 6.92 Å². The summed E-state index contributed by atoms with van der Waals surface area (Å²) in [5, 5.41) is 2.72.